The topological polar surface area (TPSA) is 38.0 Å². The van der Waals surface area contributed by atoms with Gasteiger partial charge in [-0.1, -0.05) is 23.8 Å². The second-order valence-corrected chi connectivity index (χ2v) is 5.45. The van der Waals surface area contributed by atoms with Gasteiger partial charge in [-0.2, -0.15) is 0 Å². The molecule has 1 atom stereocenters. The average molecular weight is 220 g/mol. The molecule has 0 aliphatic rings. The molecule has 0 radical (unpaired) electrons. The van der Waals surface area contributed by atoms with Gasteiger partial charge in [0.05, 0.1) is 0 Å². The summed E-state index contributed by atoms with van der Waals surface area (Å²) in [4.78, 5) is 0. The van der Waals surface area contributed by atoms with Crippen molar-refractivity contribution in [3.8, 4) is 0 Å². The molecule has 0 aliphatic heterocycles. The van der Waals surface area contributed by atoms with E-state index in [2.05, 4.69) is 44.3 Å². The maximum atomic E-state index is 5.96. The molecule has 0 aromatic heterocycles. The van der Waals surface area contributed by atoms with Crippen molar-refractivity contribution in [2.45, 2.75) is 46.2 Å². The van der Waals surface area contributed by atoms with Crippen LogP contribution in [0.15, 0.2) is 18.2 Å². The summed E-state index contributed by atoms with van der Waals surface area (Å²) < 4.78 is 0. The monoisotopic (exact) mass is 220 g/mol. The number of nitrogens with two attached hydrogens (primary N) is 1. The summed E-state index contributed by atoms with van der Waals surface area (Å²) in [6.07, 6.45) is 0. The molecule has 0 aliphatic carbocycles. The highest BCUT2D eigenvalue weighted by Gasteiger charge is 2.14. The highest BCUT2D eigenvalue weighted by Crippen LogP contribution is 2.18. The number of hydrogen-bond donors (Lipinski definition) is 2. The Morgan fingerprint density at radius 1 is 1.31 bits per heavy atom. The number of aryl methyl sites for hydroxylation is 2. The van der Waals surface area contributed by atoms with Crippen molar-refractivity contribution >= 4 is 0 Å². The van der Waals surface area contributed by atoms with Crippen molar-refractivity contribution in [2.24, 2.45) is 5.73 Å². The molecule has 1 rings (SSSR count). The van der Waals surface area contributed by atoms with Gasteiger partial charge in [0.15, 0.2) is 0 Å². The van der Waals surface area contributed by atoms with Gasteiger partial charge in [0.1, 0.15) is 0 Å². The minimum absolute atomic E-state index is 0.160. The largest absolute Gasteiger partial charge is 0.324 e. The summed E-state index contributed by atoms with van der Waals surface area (Å²) in [7, 11) is 0. The van der Waals surface area contributed by atoms with E-state index in [1.54, 1.807) is 0 Å². The maximum absolute atomic E-state index is 5.96. The lowest BCUT2D eigenvalue weighted by Gasteiger charge is -2.24. The Kier molecular flexibility index (Phi) is 4.11. The van der Waals surface area contributed by atoms with E-state index in [1.807, 2.05) is 13.8 Å². The predicted molar refractivity (Wildman–Crippen MR) is 70.6 cm³/mol. The summed E-state index contributed by atoms with van der Waals surface area (Å²) in [6, 6.07) is 6.93. The van der Waals surface area contributed by atoms with Crippen LogP contribution in [0.4, 0.5) is 0 Å². The Morgan fingerprint density at radius 2 is 1.94 bits per heavy atom. The minimum Gasteiger partial charge on any atom is -0.324 e. The number of hydrogen-bond acceptors (Lipinski definition) is 2. The van der Waals surface area contributed by atoms with Crippen molar-refractivity contribution in [2.75, 3.05) is 6.54 Å². The third-order valence-corrected chi connectivity index (χ3v) is 2.76. The van der Waals surface area contributed by atoms with Crippen molar-refractivity contribution < 1.29 is 0 Å². The first kappa shape index (κ1) is 13.2. The lowest BCUT2D eigenvalue weighted by molar-refractivity contribution is 0.434. The molecule has 0 amide bonds. The summed E-state index contributed by atoms with van der Waals surface area (Å²) in [5, 5.41) is 3.47. The highest BCUT2D eigenvalue weighted by atomic mass is 14.9. The van der Waals surface area contributed by atoms with Crippen LogP contribution in [-0.2, 0) is 0 Å². The molecule has 2 nitrogen and oxygen atoms in total. The molecule has 0 bridgehead atoms. The summed E-state index contributed by atoms with van der Waals surface area (Å²) in [5.74, 6) is 0. The van der Waals surface area contributed by atoms with Crippen LogP contribution in [0.2, 0.25) is 0 Å². The molecule has 1 aromatic carbocycles. The van der Waals surface area contributed by atoms with E-state index >= 15 is 0 Å². The lowest BCUT2D eigenvalue weighted by Crippen LogP contribution is -2.43. The van der Waals surface area contributed by atoms with Crippen LogP contribution in [0.25, 0.3) is 0 Å². The first-order valence-electron chi connectivity index (χ1n) is 5.89. The molecule has 0 heterocycles. The summed E-state index contributed by atoms with van der Waals surface area (Å²) >= 11 is 0. The van der Waals surface area contributed by atoms with Crippen LogP contribution in [0.5, 0.6) is 0 Å². The normalized spacial score (nSPS) is 13.9. The van der Waals surface area contributed by atoms with Crippen LogP contribution in [0, 0.1) is 13.8 Å². The Bertz CT molecular complexity index is 350. The van der Waals surface area contributed by atoms with Crippen molar-refractivity contribution in [1.82, 2.24) is 5.32 Å². The molecule has 90 valence electrons. The third-order valence-electron chi connectivity index (χ3n) is 2.76. The molecule has 16 heavy (non-hydrogen) atoms. The Labute approximate surface area is 99.2 Å². The predicted octanol–water partition coefficient (Wildman–Crippen LogP) is 2.69. The van der Waals surface area contributed by atoms with Gasteiger partial charge in [0.25, 0.3) is 0 Å². The second kappa shape index (κ2) is 4.98. The van der Waals surface area contributed by atoms with Crippen molar-refractivity contribution in [1.29, 1.82) is 0 Å². The van der Waals surface area contributed by atoms with Gasteiger partial charge in [-0.25, -0.2) is 0 Å². The van der Waals surface area contributed by atoms with Crippen molar-refractivity contribution in [3.63, 3.8) is 0 Å². The van der Waals surface area contributed by atoms with E-state index in [4.69, 9.17) is 5.73 Å². The standard InChI is InChI=1S/C14H24N2/c1-10-6-7-13(11(2)8-10)12(3)16-9-14(4,5)15/h6-8,12,16H,9,15H2,1-5H3. The van der Waals surface area contributed by atoms with E-state index in [0.717, 1.165) is 6.54 Å². The first-order chi connectivity index (χ1) is 7.29. The fourth-order valence-electron chi connectivity index (χ4n) is 1.84. The molecule has 1 aromatic rings. The quantitative estimate of drug-likeness (QED) is 0.818. The Balaban J connectivity index is 2.70. The molecule has 2 heteroatoms. The molecular formula is C14H24N2. The van der Waals surface area contributed by atoms with Gasteiger partial charge < -0.3 is 11.1 Å². The van der Waals surface area contributed by atoms with Crippen LogP contribution < -0.4 is 11.1 Å². The summed E-state index contributed by atoms with van der Waals surface area (Å²) in [6.45, 7) is 11.4. The average Bonchev–Trinajstić information content (AvgIpc) is 2.13. The van der Waals surface area contributed by atoms with Crippen LogP contribution in [0.3, 0.4) is 0 Å². The first-order valence-corrected chi connectivity index (χ1v) is 5.89. The Morgan fingerprint density at radius 3 is 2.44 bits per heavy atom. The molecule has 3 N–H and O–H groups in total. The number of rotatable bonds is 4. The zero-order chi connectivity index (χ0) is 12.3. The van der Waals surface area contributed by atoms with Crippen molar-refractivity contribution in [3.05, 3.63) is 34.9 Å². The smallest absolute Gasteiger partial charge is 0.0295 e. The van der Waals surface area contributed by atoms with E-state index in [1.165, 1.54) is 16.7 Å². The fraction of sp³-hybridized carbons (Fsp3) is 0.571. The Hall–Kier alpha value is -0.860. The highest BCUT2D eigenvalue weighted by molar-refractivity contribution is 5.32. The third kappa shape index (κ3) is 3.95. The molecular weight excluding hydrogens is 196 g/mol. The van der Waals surface area contributed by atoms with Crippen LogP contribution >= 0.6 is 0 Å². The molecule has 0 saturated heterocycles. The maximum Gasteiger partial charge on any atom is 0.0295 e. The van der Waals surface area contributed by atoms with Gasteiger partial charge in [-0.3, -0.25) is 0 Å². The zero-order valence-corrected chi connectivity index (χ0v) is 11.1. The zero-order valence-electron chi connectivity index (χ0n) is 11.1. The summed E-state index contributed by atoms with van der Waals surface area (Å²) in [5.41, 5.74) is 9.81. The molecule has 0 fully saturated rings. The van der Waals surface area contributed by atoms with Gasteiger partial charge in [0, 0.05) is 18.1 Å². The molecule has 1 unspecified atom stereocenters. The number of nitrogens with one attached hydrogen (secondary N) is 1. The number of benzene rings is 1. The minimum atomic E-state index is -0.160. The van der Waals surface area contributed by atoms with E-state index in [-0.39, 0.29) is 5.54 Å². The van der Waals surface area contributed by atoms with E-state index in [0.29, 0.717) is 6.04 Å². The lowest BCUT2D eigenvalue weighted by atomic mass is 9.99. The molecule has 0 spiro atoms. The van der Waals surface area contributed by atoms with Gasteiger partial charge in [-0.05, 0) is 45.7 Å². The van der Waals surface area contributed by atoms with Crippen LogP contribution in [-0.4, -0.2) is 12.1 Å². The van der Waals surface area contributed by atoms with Gasteiger partial charge in [0.2, 0.25) is 0 Å². The molecule has 0 saturated carbocycles. The van der Waals surface area contributed by atoms with Gasteiger partial charge in [-0.15, -0.1) is 0 Å². The van der Waals surface area contributed by atoms with Crippen LogP contribution in [0.1, 0.15) is 43.5 Å². The second-order valence-electron chi connectivity index (χ2n) is 5.45. The fourth-order valence-corrected chi connectivity index (χ4v) is 1.84. The van der Waals surface area contributed by atoms with Gasteiger partial charge >= 0.3 is 0 Å². The van der Waals surface area contributed by atoms with E-state index < -0.39 is 0 Å². The van der Waals surface area contributed by atoms with E-state index in [9.17, 15) is 0 Å². The SMILES string of the molecule is Cc1ccc(C(C)NCC(C)(C)N)c(C)c1.